The van der Waals surface area contributed by atoms with Crippen molar-refractivity contribution in [1.29, 1.82) is 0 Å². The van der Waals surface area contributed by atoms with Crippen LogP contribution in [0.4, 0.5) is 0 Å². The largest absolute Gasteiger partial charge is 0.346 e. The van der Waals surface area contributed by atoms with Crippen molar-refractivity contribution in [1.82, 2.24) is 0 Å². The third-order valence-electron chi connectivity index (χ3n) is 4.63. The number of ketones is 1. The molecule has 2 saturated carbocycles. The number of ether oxygens (including phenoxy) is 2. The molecule has 0 amide bonds. The highest BCUT2D eigenvalue weighted by Gasteiger charge is 2.60. The summed E-state index contributed by atoms with van der Waals surface area (Å²) >= 11 is 0. The first-order chi connectivity index (χ1) is 8.79. The Labute approximate surface area is 110 Å². The fourth-order valence-electron chi connectivity index (χ4n) is 3.85. The van der Waals surface area contributed by atoms with E-state index in [1.165, 1.54) is 0 Å². The van der Waals surface area contributed by atoms with Crippen LogP contribution in [0.15, 0.2) is 0 Å². The monoisotopic (exact) mass is 254 g/mol. The van der Waals surface area contributed by atoms with Crippen LogP contribution >= 0.6 is 0 Å². The Morgan fingerprint density at radius 1 is 0.889 bits per heavy atom. The third-order valence-corrected chi connectivity index (χ3v) is 4.63. The molecule has 1 heterocycles. The summed E-state index contributed by atoms with van der Waals surface area (Å²) in [6, 6.07) is 0. The van der Waals surface area contributed by atoms with Gasteiger partial charge in [0.2, 0.25) is 0 Å². The van der Waals surface area contributed by atoms with E-state index < -0.39 is 5.79 Å². The summed E-state index contributed by atoms with van der Waals surface area (Å²) in [6.07, 6.45) is 8.09. The van der Waals surface area contributed by atoms with Crippen molar-refractivity contribution in [2.75, 3.05) is 13.2 Å². The summed E-state index contributed by atoms with van der Waals surface area (Å²) in [6.45, 7) is 5.32. The van der Waals surface area contributed by atoms with Gasteiger partial charge in [-0.1, -0.05) is 26.7 Å². The second-order valence-corrected chi connectivity index (χ2v) is 5.37. The molecule has 3 fully saturated rings. The number of hydrogen-bond donors (Lipinski definition) is 0. The van der Waals surface area contributed by atoms with Gasteiger partial charge in [-0.2, -0.15) is 0 Å². The first-order valence-corrected chi connectivity index (χ1v) is 7.60. The molecule has 3 rings (SSSR count). The van der Waals surface area contributed by atoms with Gasteiger partial charge < -0.3 is 9.47 Å². The maximum absolute atomic E-state index is 12.4. The molecule has 18 heavy (non-hydrogen) atoms. The van der Waals surface area contributed by atoms with Crippen LogP contribution in [0, 0.1) is 5.41 Å². The van der Waals surface area contributed by atoms with Gasteiger partial charge in [-0.15, -0.1) is 0 Å². The van der Waals surface area contributed by atoms with Gasteiger partial charge >= 0.3 is 0 Å². The molecule has 3 nitrogen and oxygen atoms in total. The Kier molecular flexibility index (Phi) is 4.44. The van der Waals surface area contributed by atoms with Crippen LogP contribution in [0.5, 0.6) is 0 Å². The van der Waals surface area contributed by atoms with Crippen molar-refractivity contribution in [2.24, 2.45) is 5.41 Å². The lowest BCUT2D eigenvalue weighted by Crippen LogP contribution is -2.57. The van der Waals surface area contributed by atoms with Gasteiger partial charge in [-0.3, -0.25) is 4.79 Å². The molecule has 3 heteroatoms. The lowest BCUT2D eigenvalue weighted by atomic mass is 9.60. The van der Waals surface area contributed by atoms with E-state index in [2.05, 4.69) is 0 Å². The molecule has 0 unspecified atom stereocenters. The highest BCUT2D eigenvalue weighted by molar-refractivity contribution is 5.86. The van der Waals surface area contributed by atoms with E-state index in [1.54, 1.807) is 0 Å². The molecule has 104 valence electrons. The molecule has 1 saturated heterocycles. The van der Waals surface area contributed by atoms with Gasteiger partial charge in [0.25, 0.3) is 0 Å². The van der Waals surface area contributed by atoms with Crippen LogP contribution in [-0.2, 0) is 14.3 Å². The van der Waals surface area contributed by atoms with Crippen LogP contribution < -0.4 is 0 Å². The lowest BCUT2D eigenvalue weighted by Gasteiger charge is -2.50. The zero-order valence-corrected chi connectivity index (χ0v) is 11.8. The fourth-order valence-corrected chi connectivity index (χ4v) is 3.85. The van der Waals surface area contributed by atoms with E-state index in [9.17, 15) is 4.79 Å². The minimum atomic E-state index is -0.539. The van der Waals surface area contributed by atoms with E-state index in [4.69, 9.17) is 9.47 Å². The topological polar surface area (TPSA) is 35.5 Å². The second-order valence-electron chi connectivity index (χ2n) is 5.37. The molecule has 0 aromatic rings. The highest BCUT2D eigenvalue weighted by Crippen LogP contribution is 2.55. The number of carbonyl (C=O) groups excluding carboxylic acids is 1. The van der Waals surface area contributed by atoms with Crippen molar-refractivity contribution in [3.05, 3.63) is 0 Å². The summed E-state index contributed by atoms with van der Waals surface area (Å²) in [4.78, 5) is 12.4. The molecule has 2 spiro atoms. The van der Waals surface area contributed by atoms with E-state index in [-0.39, 0.29) is 5.41 Å². The normalized spacial score (nSPS) is 34.4. The SMILES string of the molecule is CC.O=C1CCCC[C@@]12CCCCC21OCCO1. The van der Waals surface area contributed by atoms with E-state index in [1.807, 2.05) is 13.8 Å². The molecule has 2 aliphatic carbocycles. The summed E-state index contributed by atoms with van der Waals surface area (Å²) < 4.78 is 11.8. The number of carbonyl (C=O) groups is 1. The average Bonchev–Trinajstić information content (AvgIpc) is 2.89. The third kappa shape index (κ3) is 2.01. The van der Waals surface area contributed by atoms with Crippen LogP contribution in [-0.4, -0.2) is 24.8 Å². The molecule has 3 aliphatic rings. The smallest absolute Gasteiger partial charge is 0.180 e. The molecule has 0 aromatic heterocycles. The summed E-state index contributed by atoms with van der Waals surface area (Å²) in [5, 5.41) is 0. The number of fused-ring (bicyclic) bond motifs is 1. The predicted molar refractivity (Wildman–Crippen MR) is 70.4 cm³/mol. The fraction of sp³-hybridized carbons (Fsp3) is 0.933. The van der Waals surface area contributed by atoms with Gasteiger partial charge in [-0.25, -0.2) is 0 Å². The Morgan fingerprint density at radius 3 is 2.06 bits per heavy atom. The number of Topliss-reactive ketones (excluding diaryl/α,β-unsaturated/α-hetero) is 1. The Bertz CT molecular complexity index is 288. The molecule has 1 atom stereocenters. The second kappa shape index (κ2) is 5.70. The minimum absolute atomic E-state index is 0.292. The van der Waals surface area contributed by atoms with Gasteiger partial charge in [0.1, 0.15) is 5.78 Å². The van der Waals surface area contributed by atoms with Crippen LogP contribution in [0.25, 0.3) is 0 Å². The van der Waals surface area contributed by atoms with Crippen molar-refractivity contribution in [3.63, 3.8) is 0 Å². The summed E-state index contributed by atoms with van der Waals surface area (Å²) in [5.74, 6) is -0.136. The Balaban J connectivity index is 0.000000574. The molecule has 0 radical (unpaired) electrons. The quantitative estimate of drug-likeness (QED) is 0.664. The van der Waals surface area contributed by atoms with E-state index >= 15 is 0 Å². The minimum Gasteiger partial charge on any atom is -0.346 e. The highest BCUT2D eigenvalue weighted by atomic mass is 16.7. The Hall–Kier alpha value is -0.410. The molecule has 0 aromatic carbocycles. The summed E-state index contributed by atoms with van der Waals surface area (Å²) in [5.41, 5.74) is -0.292. The van der Waals surface area contributed by atoms with Gasteiger partial charge in [0.05, 0.1) is 18.6 Å². The number of rotatable bonds is 0. The molecule has 0 N–H and O–H groups in total. The van der Waals surface area contributed by atoms with Gasteiger partial charge in [0.15, 0.2) is 5.79 Å². The molecule has 0 bridgehead atoms. The maximum atomic E-state index is 12.4. The van der Waals surface area contributed by atoms with Crippen molar-refractivity contribution in [2.45, 2.75) is 71.0 Å². The van der Waals surface area contributed by atoms with Crippen molar-refractivity contribution < 1.29 is 14.3 Å². The summed E-state index contributed by atoms with van der Waals surface area (Å²) in [7, 11) is 0. The molecular weight excluding hydrogens is 228 g/mol. The van der Waals surface area contributed by atoms with Crippen LogP contribution in [0.2, 0.25) is 0 Å². The van der Waals surface area contributed by atoms with Crippen molar-refractivity contribution in [3.8, 4) is 0 Å². The maximum Gasteiger partial charge on any atom is 0.180 e. The van der Waals surface area contributed by atoms with E-state index in [0.29, 0.717) is 19.0 Å². The molecule has 1 aliphatic heterocycles. The first kappa shape index (κ1) is 14.0. The zero-order valence-electron chi connectivity index (χ0n) is 11.8. The standard InChI is InChI=1S/C13H20O3.C2H6/c14-11-5-1-2-6-12(11)7-3-4-8-13(12)15-9-10-16-13;1-2/h1-10H2;1-2H3/t12-;/m1./s1. The molecular formula is C15H26O3. The van der Waals surface area contributed by atoms with Gasteiger partial charge in [0, 0.05) is 12.8 Å². The van der Waals surface area contributed by atoms with E-state index in [0.717, 1.165) is 51.4 Å². The zero-order chi connectivity index (χ0) is 13.1. The van der Waals surface area contributed by atoms with Crippen LogP contribution in [0.3, 0.4) is 0 Å². The predicted octanol–water partition coefficient (Wildman–Crippen LogP) is 3.46. The van der Waals surface area contributed by atoms with Crippen LogP contribution in [0.1, 0.15) is 65.2 Å². The first-order valence-electron chi connectivity index (χ1n) is 7.60. The van der Waals surface area contributed by atoms with Gasteiger partial charge in [-0.05, 0) is 25.7 Å². The Morgan fingerprint density at radius 2 is 1.44 bits per heavy atom. The average molecular weight is 254 g/mol. The lowest BCUT2D eigenvalue weighted by molar-refractivity contribution is -0.253. The van der Waals surface area contributed by atoms with Crippen molar-refractivity contribution >= 4 is 5.78 Å². The number of hydrogen-bond acceptors (Lipinski definition) is 3.